The summed E-state index contributed by atoms with van der Waals surface area (Å²) in [6.07, 6.45) is 0.987. The van der Waals surface area contributed by atoms with Gasteiger partial charge in [-0.3, -0.25) is 0 Å². The average molecular weight is 632 g/mol. The first-order valence-corrected chi connectivity index (χ1v) is 20.4. The van der Waals surface area contributed by atoms with Crippen molar-refractivity contribution in [2.24, 2.45) is 5.73 Å². The Morgan fingerprint density at radius 1 is 1.15 bits per heavy atom. The Morgan fingerprint density at radius 3 is 2.00 bits per heavy atom. The predicted molar refractivity (Wildman–Crippen MR) is 62.8 cm³/mol. The molecule has 0 heterocycles. The quantitative estimate of drug-likeness (QED) is 0.499. The van der Waals surface area contributed by atoms with Gasteiger partial charge in [-0.2, -0.15) is 0 Å². The molecule has 2 radical (unpaired) electrons. The van der Waals surface area contributed by atoms with Crippen molar-refractivity contribution in [2.45, 2.75) is 6.42 Å². The molecular formula is C8H11Br2NNdPb. The summed E-state index contributed by atoms with van der Waals surface area (Å²) in [5, 5.41) is 0. The minimum atomic E-state index is -0.292. The summed E-state index contributed by atoms with van der Waals surface area (Å²) in [5.74, 6) is 0. The molecule has 1 aromatic carbocycles. The SMILES string of the molecule is NCCc1ccccc1.[Br][Pb][Br].[Nd]. The van der Waals surface area contributed by atoms with Crippen LogP contribution in [0.4, 0.5) is 0 Å². The molecule has 13 heavy (non-hydrogen) atoms. The van der Waals surface area contributed by atoms with Crippen LogP contribution in [0.5, 0.6) is 0 Å². The van der Waals surface area contributed by atoms with Crippen LogP contribution >= 0.6 is 24.0 Å². The Bertz CT molecular complexity index is 187. The standard InChI is InChI=1S/C8H11N.2BrH.Nd.Pb/c9-7-6-8-4-2-1-3-5-8;;;;/h1-5H,6-7,9H2;2*1H;;/q;;;;+2/p-2. The van der Waals surface area contributed by atoms with Gasteiger partial charge in [0.1, 0.15) is 0 Å². The van der Waals surface area contributed by atoms with E-state index in [-0.39, 0.29) is 60.3 Å². The molecule has 70 valence electrons. The summed E-state index contributed by atoms with van der Waals surface area (Å²) in [6.45, 7) is 0.740. The van der Waals surface area contributed by atoms with Crippen LogP contribution in [0.1, 0.15) is 5.56 Å². The molecule has 5 heteroatoms. The molecule has 0 aromatic heterocycles. The van der Waals surface area contributed by atoms with E-state index in [4.69, 9.17) is 5.73 Å². The smallest absolute Gasteiger partial charge is 0 e. The fourth-order valence-electron chi connectivity index (χ4n) is 0.811. The van der Waals surface area contributed by atoms with Crippen molar-refractivity contribution in [2.75, 3.05) is 6.54 Å². The van der Waals surface area contributed by atoms with Gasteiger partial charge in [0, 0.05) is 40.8 Å². The fourth-order valence-corrected chi connectivity index (χ4v) is 0.811. The molecule has 0 spiro atoms. The first-order valence-electron chi connectivity index (χ1n) is 3.55. The normalized spacial score (nSPS) is 7.92. The summed E-state index contributed by atoms with van der Waals surface area (Å²) in [5.41, 5.74) is 6.68. The average Bonchev–Trinajstić information content (AvgIpc) is 2.08. The van der Waals surface area contributed by atoms with Crippen molar-refractivity contribution in [3.8, 4) is 0 Å². The zero-order chi connectivity index (χ0) is 9.23. The second-order valence-corrected chi connectivity index (χ2v) is 18.9. The number of nitrogens with two attached hydrogens (primary N) is 1. The fraction of sp³-hybridized carbons (Fsp3) is 0.250. The molecule has 0 fully saturated rings. The number of halogens is 2. The van der Waals surface area contributed by atoms with Crippen LogP contribution in [0.15, 0.2) is 30.3 Å². The Balaban J connectivity index is 0. The van der Waals surface area contributed by atoms with E-state index >= 15 is 0 Å². The molecule has 1 rings (SSSR count). The van der Waals surface area contributed by atoms with Crippen molar-refractivity contribution < 1.29 is 40.8 Å². The van der Waals surface area contributed by atoms with Gasteiger partial charge in [-0.1, -0.05) is 30.3 Å². The Hall–Kier alpha value is 2.41. The molecule has 0 bridgehead atoms. The van der Waals surface area contributed by atoms with Gasteiger partial charge >= 0.3 is 43.4 Å². The van der Waals surface area contributed by atoms with Crippen LogP contribution < -0.4 is 5.73 Å². The van der Waals surface area contributed by atoms with E-state index < -0.39 is 0 Å². The van der Waals surface area contributed by atoms with Gasteiger partial charge in [0.2, 0.25) is 0 Å². The molecule has 0 saturated heterocycles. The molecule has 0 aliphatic rings. The van der Waals surface area contributed by atoms with E-state index in [1.54, 1.807) is 0 Å². The maximum Gasteiger partial charge on any atom is 0 e. The molecule has 0 atom stereocenters. The third-order valence-corrected chi connectivity index (χ3v) is 1.28. The van der Waals surface area contributed by atoms with Crippen molar-refractivity contribution >= 4 is 43.4 Å². The maximum atomic E-state index is 5.36. The number of rotatable bonds is 2. The Labute approximate surface area is 136 Å². The largest absolute Gasteiger partial charge is 0 e. The summed E-state index contributed by atoms with van der Waals surface area (Å²) >= 11 is 6.22. The van der Waals surface area contributed by atoms with Crippen LogP contribution in [0.2, 0.25) is 0 Å². The van der Waals surface area contributed by atoms with Crippen LogP contribution in [0.25, 0.3) is 0 Å². The van der Waals surface area contributed by atoms with Crippen LogP contribution in [-0.2, 0) is 6.42 Å². The minimum absolute atomic E-state index is 0. The first kappa shape index (κ1) is 17.8. The van der Waals surface area contributed by atoms with Gasteiger partial charge in [-0.15, -0.1) is 0 Å². The van der Waals surface area contributed by atoms with Crippen molar-refractivity contribution in [1.29, 1.82) is 0 Å². The van der Waals surface area contributed by atoms with Crippen molar-refractivity contribution in [3.05, 3.63) is 35.9 Å². The number of hydrogen-bond donors (Lipinski definition) is 1. The zero-order valence-electron chi connectivity index (χ0n) is 7.13. The first-order chi connectivity index (χ1) is 5.85. The molecule has 1 aromatic rings. The third-order valence-electron chi connectivity index (χ3n) is 1.28. The van der Waals surface area contributed by atoms with Gasteiger partial charge < -0.3 is 5.73 Å². The molecule has 1 nitrogen and oxygen atoms in total. The summed E-state index contributed by atoms with van der Waals surface area (Å²) < 4.78 is 0. The van der Waals surface area contributed by atoms with Gasteiger partial charge in [0.25, 0.3) is 0 Å². The van der Waals surface area contributed by atoms with Crippen LogP contribution in [0, 0.1) is 40.8 Å². The van der Waals surface area contributed by atoms with Gasteiger partial charge in [-0.25, -0.2) is 0 Å². The molecule has 0 aliphatic heterocycles. The van der Waals surface area contributed by atoms with Crippen molar-refractivity contribution in [1.82, 2.24) is 0 Å². The zero-order valence-corrected chi connectivity index (χ0v) is 17.4. The number of hydrogen-bond acceptors (Lipinski definition) is 1. The Kier molecular flexibility index (Phi) is 19.7. The monoisotopic (exact) mass is 629 g/mol. The van der Waals surface area contributed by atoms with Crippen LogP contribution in [0.3, 0.4) is 0 Å². The second kappa shape index (κ2) is 14.4. The van der Waals surface area contributed by atoms with Crippen LogP contribution in [-0.4, -0.2) is 26.0 Å². The van der Waals surface area contributed by atoms with E-state index in [0.29, 0.717) is 0 Å². The van der Waals surface area contributed by atoms with Crippen molar-refractivity contribution in [3.63, 3.8) is 0 Å². The van der Waals surface area contributed by atoms with E-state index in [0.717, 1.165) is 13.0 Å². The van der Waals surface area contributed by atoms with E-state index in [1.807, 2.05) is 18.2 Å². The van der Waals surface area contributed by atoms with Gasteiger partial charge in [-0.05, 0) is 18.5 Å². The molecule has 0 aliphatic carbocycles. The third kappa shape index (κ3) is 12.3. The van der Waals surface area contributed by atoms with Gasteiger partial charge in [0.15, 0.2) is 0 Å². The molecular weight excluding hydrogens is 621 g/mol. The summed E-state index contributed by atoms with van der Waals surface area (Å²) in [4.78, 5) is 0. The molecule has 0 amide bonds. The second-order valence-electron chi connectivity index (χ2n) is 2.10. The summed E-state index contributed by atoms with van der Waals surface area (Å²) in [6, 6.07) is 10.3. The molecule has 0 saturated carbocycles. The predicted octanol–water partition coefficient (Wildman–Crippen LogP) is 2.50. The molecule has 0 unspecified atom stereocenters. The summed E-state index contributed by atoms with van der Waals surface area (Å²) in [7, 11) is 0. The van der Waals surface area contributed by atoms with E-state index in [1.165, 1.54) is 5.56 Å². The number of benzene rings is 1. The maximum absolute atomic E-state index is 5.36. The van der Waals surface area contributed by atoms with E-state index in [9.17, 15) is 0 Å². The topological polar surface area (TPSA) is 26.0 Å². The Morgan fingerprint density at radius 2 is 1.62 bits per heavy atom. The van der Waals surface area contributed by atoms with Gasteiger partial charge in [0.05, 0.1) is 0 Å². The minimum Gasteiger partial charge on any atom is 0 e. The van der Waals surface area contributed by atoms with E-state index in [2.05, 4.69) is 36.1 Å². The molecule has 2 N–H and O–H groups in total.